The molecular weight excluding hydrogens is 266 g/mol. The van der Waals surface area contributed by atoms with Crippen LogP contribution in [0.2, 0.25) is 0 Å². The monoisotopic (exact) mass is 291 g/mol. The predicted molar refractivity (Wildman–Crippen MR) is 83.0 cm³/mol. The molecule has 1 aliphatic rings. The fraction of sp³-hybridized carbons (Fsp3) is 0.667. The molecule has 1 saturated heterocycles. The van der Waals surface area contributed by atoms with Gasteiger partial charge < -0.3 is 5.32 Å². The Morgan fingerprint density at radius 3 is 2.95 bits per heavy atom. The lowest BCUT2D eigenvalue weighted by atomic mass is 9.99. The Labute approximate surface area is 126 Å². The van der Waals surface area contributed by atoms with E-state index in [0.717, 1.165) is 32.6 Å². The SMILES string of the molecule is CCCN(CC(=O)Nc1ncccn1)CC1CCCNC1. The number of rotatable bonds is 7. The second kappa shape index (κ2) is 8.69. The number of aromatic nitrogens is 2. The summed E-state index contributed by atoms with van der Waals surface area (Å²) in [6.07, 6.45) is 6.78. The topological polar surface area (TPSA) is 70.2 Å². The van der Waals surface area contributed by atoms with Gasteiger partial charge in [-0.15, -0.1) is 0 Å². The molecule has 1 aromatic rings. The summed E-state index contributed by atoms with van der Waals surface area (Å²) in [5, 5.41) is 6.18. The molecule has 6 nitrogen and oxygen atoms in total. The molecule has 0 bridgehead atoms. The highest BCUT2D eigenvalue weighted by molar-refractivity contribution is 5.90. The Bertz CT molecular complexity index is 419. The molecule has 1 unspecified atom stereocenters. The molecular formula is C15H25N5O. The Balaban J connectivity index is 1.81. The van der Waals surface area contributed by atoms with Gasteiger partial charge in [0.05, 0.1) is 6.54 Å². The number of nitrogens with one attached hydrogen (secondary N) is 2. The minimum Gasteiger partial charge on any atom is -0.316 e. The van der Waals surface area contributed by atoms with Crippen LogP contribution >= 0.6 is 0 Å². The predicted octanol–water partition coefficient (Wildman–Crippen LogP) is 1.13. The summed E-state index contributed by atoms with van der Waals surface area (Å²) in [5.74, 6) is 0.975. The summed E-state index contributed by atoms with van der Waals surface area (Å²) in [6.45, 7) is 6.65. The Kier molecular flexibility index (Phi) is 6.56. The van der Waals surface area contributed by atoms with E-state index in [4.69, 9.17) is 0 Å². The Hall–Kier alpha value is -1.53. The van der Waals surface area contributed by atoms with Gasteiger partial charge in [0.15, 0.2) is 0 Å². The molecule has 6 heteroatoms. The molecule has 2 rings (SSSR count). The number of amides is 1. The van der Waals surface area contributed by atoms with Crippen molar-refractivity contribution in [3.8, 4) is 0 Å². The van der Waals surface area contributed by atoms with Crippen LogP contribution in [0.5, 0.6) is 0 Å². The van der Waals surface area contributed by atoms with E-state index in [1.54, 1.807) is 18.5 Å². The lowest BCUT2D eigenvalue weighted by molar-refractivity contribution is -0.117. The molecule has 21 heavy (non-hydrogen) atoms. The first-order valence-corrected chi connectivity index (χ1v) is 7.78. The minimum atomic E-state index is -0.0431. The zero-order valence-electron chi connectivity index (χ0n) is 12.7. The third-order valence-electron chi connectivity index (χ3n) is 3.64. The number of nitrogens with zero attached hydrogens (tertiary/aromatic N) is 3. The molecule has 2 N–H and O–H groups in total. The lowest BCUT2D eigenvalue weighted by Gasteiger charge is -2.29. The number of carbonyl (C=O) groups excluding carboxylic acids is 1. The van der Waals surface area contributed by atoms with E-state index in [9.17, 15) is 4.79 Å². The molecule has 1 amide bonds. The minimum absolute atomic E-state index is 0.0431. The number of carbonyl (C=O) groups is 1. The molecule has 1 atom stereocenters. The Morgan fingerprint density at radius 1 is 1.48 bits per heavy atom. The van der Waals surface area contributed by atoms with Crippen molar-refractivity contribution in [2.45, 2.75) is 26.2 Å². The third-order valence-corrected chi connectivity index (χ3v) is 3.64. The number of anilines is 1. The van der Waals surface area contributed by atoms with Gasteiger partial charge in [-0.1, -0.05) is 6.92 Å². The van der Waals surface area contributed by atoms with Crippen LogP contribution in [0.3, 0.4) is 0 Å². The van der Waals surface area contributed by atoms with E-state index in [0.29, 0.717) is 18.4 Å². The molecule has 1 fully saturated rings. The first-order valence-electron chi connectivity index (χ1n) is 7.78. The summed E-state index contributed by atoms with van der Waals surface area (Å²) >= 11 is 0. The van der Waals surface area contributed by atoms with Gasteiger partial charge in [0.1, 0.15) is 0 Å². The van der Waals surface area contributed by atoms with Crippen molar-refractivity contribution in [3.63, 3.8) is 0 Å². The standard InChI is InChI=1S/C15H25N5O/c1-2-9-20(11-13-5-3-6-16-10-13)12-14(21)19-15-17-7-4-8-18-15/h4,7-8,13,16H,2-3,5-6,9-12H2,1H3,(H,17,18,19,21). The zero-order chi connectivity index (χ0) is 14.9. The normalized spacial score (nSPS) is 18.7. The molecule has 116 valence electrons. The van der Waals surface area contributed by atoms with Gasteiger partial charge in [-0.3, -0.25) is 15.0 Å². The van der Waals surface area contributed by atoms with E-state index in [1.165, 1.54) is 12.8 Å². The van der Waals surface area contributed by atoms with Crippen LogP contribution in [0.25, 0.3) is 0 Å². The van der Waals surface area contributed by atoms with Gasteiger partial charge in [-0.25, -0.2) is 9.97 Å². The first kappa shape index (κ1) is 15.9. The highest BCUT2D eigenvalue weighted by Gasteiger charge is 2.18. The average molecular weight is 291 g/mol. The molecule has 1 aliphatic heterocycles. The molecule has 0 aromatic carbocycles. The van der Waals surface area contributed by atoms with Crippen molar-refractivity contribution in [3.05, 3.63) is 18.5 Å². The van der Waals surface area contributed by atoms with Crippen LogP contribution in [-0.4, -0.2) is 53.5 Å². The molecule has 0 saturated carbocycles. The van der Waals surface area contributed by atoms with Crippen LogP contribution in [0.4, 0.5) is 5.95 Å². The van der Waals surface area contributed by atoms with Gasteiger partial charge >= 0.3 is 0 Å². The fourth-order valence-electron chi connectivity index (χ4n) is 2.73. The van der Waals surface area contributed by atoms with Crippen LogP contribution in [-0.2, 0) is 4.79 Å². The van der Waals surface area contributed by atoms with Gasteiger partial charge in [0.25, 0.3) is 0 Å². The summed E-state index contributed by atoms with van der Waals surface area (Å²) in [4.78, 5) is 22.4. The van der Waals surface area contributed by atoms with Crippen LogP contribution in [0.15, 0.2) is 18.5 Å². The van der Waals surface area contributed by atoms with E-state index in [2.05, 4.69) is 32.4 Å². The zero-order valence-corrected chi connectivity index (χ0v) is 12.7. The van der Waals surface area contributed by atoms with Crippen LogP contribution in [0, 0.1) is 5.92 Å². The summed E-state index contributed by atoms with van der Waals surface area (Å²) in [7, 11) is 0. The fourth-order valence-corrected chi connectivity index (χ4v) is 2.73. The molecule has 1 aromatic heterocycles. The lowest BCUT2D eigenvalue weighted by Crippen LogP contribution is -2.41. The van der Waals surface area contributed by atoms with E-state index >= 15 is 0 Å². The highest BCUT2D eigenvalue weighted by Crippen LogP contribution is 2.12. The van der Waals surface area contributed by atoms with Crippen LogP contribution in [0.1, 0.15) is 26.2 Å². The maximum atomic E-state index is 12.1. The maximum absolute atomic E-state index is 12.1. The molecule has 0 spiro atoms. The smallest absolute Gasteiger partial charge is 0.240 e. The second-order valence-corrected chi connectivity index (χ2v) is 5.57. The van der Waals surface area contributed by atoms with Gasteiger partial charge in [-0.2, -0.15) is 0 Å². The maximum Gasteiger partial charge on any atom is 0.240 e. The largest absolute Gasteiger partial charge is 0.316 e. The summed E-state index contributed by atoms with van der Waals surface area (Å²) in [6, 6.07) is 1.73. The highest BCUT2D eigenvalue weighted by atomic mass is 16.2. The van der Waals surface area contributed by atoms with Crippen molar-refractivity contribution in [2.24, 2.45) is 5.92 Å². The van der Waals surface area contributed by atoms with Crippen molar-refractivity contribution < 1.29 is 4.79 Å². The van der Waals surface area contributed by atoms with Gasteiger partial charge in [0, 0.05) is 18.9 Å². The quantitative estimate of drug-likeness (QED) is 0.788. The number of piperidine rings is 1. The van der Waals surface area contributed by atoms with E-state index < -0.39 is 0 Å². The Morgan fingerprint density at radius 2 is 2.29 bits per heavy atom. The van der Waals surface area contributed by atoms with Gasteiger partial charge in [0.2, 0.25) is 11.9 Å². The van der Waals surface area contributed by atoms with Gasteiger partial charge in [-0.05, 0) is 50.9 Å². The van der Waals surface area contributed by atoms with Crippen molar-refractivity contribution in [1.29, 1.82) is 0 Å². The van der Waals surface area contributed by atoms with Crippen molar-refractivity contribution >= 4 is 11.9 Å². The van der Waals surface area contributed by atoms with E-state index in [-0.39, 0.29) is 5.91 Å². The summed E-state index contributed by atoms with van der Waals surface area (Å²) < 4.78 is 0. The molecule has 0 radical (unpaired) electrons. The van der Waals surface area contributed by atoms with Crippen LogP contribution < -0.4 is 10.6 Å². The molecule has 2 heterocycles. The van der Waals surface area contributed by atoms with E-state index in [1.807, 2.05) is 0 Å². The van der Waals surface area contributed by atoms with Crippen molar-refractivity contribution in [2.75, 3.05) is 38.0 Å². The third kappa shape index (κ3) is 5.77. The second-order valence-electron chi connectivity index (χ2n) is 5.57. The molecule has 0 aliphatic carbocycles. The number of hydrogen-bond acceptors (Lipinski definition) is 5. The number of hydrogen-bond donors (Lipinski definition) is 2. The average Bonchev–Trinajstić information content (AvgIpc) is 2.49. The summed E-state index contributed by atoms with van der Waals surface area (Å²) in [5.41, 5.74) is 0. The van der Waals surface area contributed by atoms with Crippen molar-refractivity contribution in [1.82, 2.24) is 20.2 Å². The first-order chi connectivity index (χ1) is 10.3.